The third-order valence-electron chi connectivity index (χ3n) is 2.06. The van der Waals surface area contributed by atoms with Crippen molar-refractivity contribution in [2.75, 3.05) is 0 Å². The van der Waals surface area contributed by atoms with Gasteiger partial charge >= 0.3 is 5.97 Å². The van der Waals surface area contributed by atoms with E-state index in [4.69, 9.17) is 10.8 Å². The van der Waals surface area contributed by atoms with Crippen molar-refractivity contribution >= 4 is 27.5 Å². The first-order chi connectivity index (χ1) is 7.11. The van der Waals surface area contributed by atoms with Gasteiger partial charge in [-0.3, -0.25) is 9.20 Å². The minimum atomic E-state index is -1.11. The summed E-state index contributed by atoms with van der Waals surface area (Å²) >= 11 is 3.28. The van der Waals surface area contributed by atoms with Crippen molar-refractivity contribution in [2.45, 2.75) is 6.04 Å². The van der Waals surface area contributed by atoms with Crippen LogP contribution in [-0.4, -0.2) is 20.5 Å². The third kappa shape index (κ3) is 1.62. The van der Waals surface area contributed by atoms with Gasteiger partial charge in [0.1, 0.15) is 22.0 Å². The number of halogens is 1. The Kier molecular flexibility index (Phi) is 2.45. The van der Waals surface area contributed by atoms with E-state index in [1.165, 1.54) is 0 Å². The topological polar surface area (TPSA) is 80.6 Å². The Morgan fingerprint density at radius 3 is 2.93 bits per heavy atom. The summed E-state index contributed by atoms with van der Waals surface area (Å²) in [4.78, 5) is 14.9. The molecule has 0 saturated heterocycles. The van der Waals surface area contributed by atoms with E-state index < -0.39 is 12.0 Å². The van der Waals surface area contributed by atoms with Gasteiger partial charge in [-0.1, -0.05) is 6.07 Å². The van der Waals surface area contributed by atoms with E-state index in [1.807, 2.05) is 12.1 Å². The van der Waals surface area contributed by atoms with E-state index in [2.05, 4.69) is 20.9 Å². The SMILES string of the molecule is NC(C(=O)O)c1nc2ccccn2c1Br. The van der Waals surface area contributed by atoms with Crippen LogP contribution in [0.5, 0.6) is 0 Å². The summed E-state index contributed by atoms with van der Waals surface area (Å²) in [6, 6.07) is 4.32. The molecule has 0 saturated carbocycles. The highest BCUT2D eigenvalue weighted by atomic mass is 79.9. The number of rotatable bonds is 2. The molecule has 0 fully saturated rings. The molecule has 1 atom stereocenters. The molecule has 3 N–H and O–H groups in total. The summed E-state index contributed by atoms with van der Waals surface area (Å²) < 4.78 is 2.31. The van der Waals surface area contributed by atoms with Gasteiger partial charge < -0.3 is 10.8 Å². The number of carboxylic acids is 1. The standard InChI is InChI=1S/C9H8BrN3O2/c10-8-7(6(11)9(14)15)12-5-3-1-2-4-13(5)8/h1-4,6H,11H2,(H,14,15). The van der Waals surface area contributed by atoms with Crippen molar-refractivity contribution in [1.82, 2.24) is 9.38 Å². The van der Waals surface area contributed by atoms with Crippen LogP contribution in [0.3, 0.4) is 0 Å². The van der Waals surface area contributed by atoms with E-state index in [0.29, 0.717) is 15.9 Å². The maximum atomic E-state index is 10.7. The Morgan fingerprint density at radius 1 is 1.60 bits per heavy atom. The molecule has 15 heavy (non-hydrogen) atoms. The van der Waals surface area contributed by atoms with Gasteiger partial charge in [0.05, 0.1) is 0 Å². The van der Waals surface area contributed by atoms with Gasteiger partial charge in [-0.25, -0.2) is 4.98 Å². The first-order valence-electron chi connectivity index (χ1n) is 4.22. The molecule has 0 amide bonds. The van der Waals surface area contributed by atoms with Gasteiger partial charge in [-0.15, -0.1) is 0 Å². The maximum Gasteiger partial charge on any atom is 0.326 e. The van der Waals surface area contributed by atoms with Crippen LogP contribution in [0, 0.1) is 0 Å². The number of hydrogen-bond donors (Lipinski definition) is 2. The van der Waals surface area contributed by atoms with E-state index >= 15 is 0 Å². The quantitative estimate of drug-likeness (QED) is 0.858. The monoisotopic (exact) mass is 269 g/mol. The largest absolute Gasteiger partial charge is 0.480 e. The zero-order valence-corrected chi connectivity index (χ0v) is 9.18. The van der Waals surface area contributed by atoms with Crippen LogP contribution in [0.15, 0.2) is 29.0 Å². The van der Waals surface area contributed by atoms with Crippen LogP contribution in [-0.2, 0) is 4.79 Å². The lowest BCUT2D eigenvalue weighted by atomic mass is 10.2. The molecule has 0 radical (unpaired) electrons. The van der Waals surface area contributed by atoms with Gasteiger partial charge in [0.15, 0.2) is 0 Å². The second-order valence-corrected chi connectivity index (χ2v) is 3.78. The molecule has 6 heteroatoms. The van der Waals surface area contributed by atoms with E-state index in [0.717, 1.165) is 0 Å². The lowest BCUT2D eigenvalue weighted by molar-refractivity contribution is -0.138. The molecule has 2 rings (SSSR count). The summed E-state index contributed by atoms with van der Waals surface area (Å²) in [5, 5.41) is 8.79. The van der Waals surface area contributed by atoms with Crippen molar-refractivity contribution < 1.29 is 9.90 Å². The summed E-state index contributed by atoms with van der Waals surface area (Å²) in [6.45, 7) is 0. The first kappa shape index (κ1) is 10.1. The number of nitrogens with two attached hydrogens (primary N) is 1. The number of aliphatic carboxylic acids is 1. The average Bonchev–Trinajstić information content (AvgIpc) is 2.56. The minimum absolute atomic E-state index is 0.328. The molecule has 2 aromatic heterocycles. The van der Waals surface area contributed by atoms with Crippen LogP contribution in [0.4, 0.5) is 0 Å². The van der Waals surface area contributed by atoms with E-state index in [9.17, 15) is 4.79 Å². The van der Waals surface area contributed by atoms with Crippen molar-refractivity contribution in [2.24, 2.45) is 5.73 Å². The van der Waals surface area contributed by atoms with Crippen molar-refractivity contribution in [1.29, 1.82) is 0 Å². The zero-order valence-electron chi connectivity index (χ0n) is 7.59. The Balaban J connectivity index is 2.63. The average molecular weight is 270 g/mol. The van der Waals surface area contributed by atoms with Crippen LogP contribution in [0.25, 0.3) is 5.65 Å². The second kappa shape index (κ2) is 3.63. The molecule has 0 aromatic carbocycles. The van der Waals surface area contributed by atoms with Crippen molar-refractivity contribution in [3.8, 4) is 0 Å². The number of carboxylic acid groups (broad SMARTS) is 1. The predicted octanol–water partition coefficient (Wildman–Crippen LogP) is 1.18. The van der Waals surface area contributed by atoms with Crippen molar-refractivity contribution in [3.05, 3.63) is 34.7 Å². The summed E-state index contributed by atoms with van der Waals surface area (Å²) in [5.41, 5.74) is 6.49. The molecule has 0 bridgehead atoms. The van der Waals surface area contributed by atoms with Crippen LogP contribution < -0.4 is 5.73 Å². The van der Waals surface area contributed by atoms with Gasteiger partial charge in [0.2, 0.25) is 0 Å². The number of nitrogens with zero attached hydrogens (tertiary/aromatic N) is 2. The van der Waals surface area contributed by atoms with Gasteiger partial charge in [-0.2, -0.15) is 0 Å². The lowest BCUT2D eigenvalue weighted by Gasteiger charge is -2.02. The number of hydrogen-bond acceptors (Lipinski definition) is 3. The zero-order chi connectivity index (χ0) is 11.0. The second-order valence-electron chi connectivity index (χ2n) is 3.03. The summed E-state index contributed by atoms with van der Waals surface area (Å²) in [5.74, 6) is -1.10. The highest BCUT2D eigenvalue weighted by Crippen LogP contribution is 2.23. The fourth-order valence-electron chi connectivity index (χ4n) is 1.30. The molecular formula is C9H8BrN3O2. The number of aromatic nitrogens is 2. The molecule has 0 aliphatic carbocycles. The first-order valence-corrected chi connectivity index (χ1v) is 5.01. The third-order valence-corrected chi connectivity index (χ3v) is 2.85. The molecule has 1 unspecified atom stereocenters. The van der Waals surface area contributed by atoms with E-state index in [1.54, 1.807) is 16.7 Å². The van der Waals surface area contributed by atoms with Crippen LogP contribution >= 0.6 is 15.9 Å². The fourth-order valence-corrected chi connectivity index (χ4v) is 1.93. The minimum Gasteiger partial charge on any atom is -0.480 e. The Labute approximate surface area is 93.7 Å². The molecule has 78 valence electrons. The highest BCUT2D eigenvalue weighted by Gasteiger charge is 2.21. The Hall–Kier alpha value is -1.40. The maximum absolute atomic E-state index is 10.7. The molecule has 2 aromatic rings. The number of fused-ring (bicyclic) bond motifs is 1. The molecule has 2 heterocycles. The van der Waals surface area contributed by atoms with E-state index in [-0.39, 0.29) is 0 Å². The normalized spacial score (nSPS) is 12.9. The van der Waals surface area contributed by atoms with Gasteiger partial charge in [0.25, 0.3) is 0 Å². The van der Waals surface area contributed by atoms with Gasteiger partial charge in [-0.05, 0) is 28.1 Å². The Bertz CT molecular complexity index is 523. The van der Waals surface area contributed by atoms with Crippen molar-refractivity contribution in [3.63, 3.8) is 0 Å². The van der Waals surface area contributed by atoms with Gasteiger partial charge in [0, 0.05) is 6.20 Å². The molecule has 0 aliphatic heterocycles. The number of imidazole rings is 1. The summed E-state index contributed by atoms with van der Waals surface area (Å²) in [7, 11) is 0. The Morgan fingerprint density at radius 2 is 2.33 bits per heavy atom. The molecule has 0 aliphatic rings. The molecular weight excluding hydrogens is 262 g/mol. The van der Waals surface area contributed by atoms with Crippen LogP contribution in [0.2, 0.25) is 0 Å². The highest BCUT2D eigenvalue weighted by molar-refractivity contribution is 9.10. The number of pyridine rings is 1. The molecule has 0 spiro atoms. The lowest BCUT2D eigenvalue weighted by Crippen LogP contribution is -2.21. The smallest absolute Gasteiger partial charge is 0.326 e. The summed E-state index contributed by atoms with van der Waals surface area (Å²) in [6.07, 6.45) is 1.78. The fraction of sp³-hybridized carbons (Fsp3) is 0.111. The number of carbonyl (C=O) groups is 1. The predicted molar refractivity (Wildman–Crippen MR) is 57.5 cm³/mol. The molecule has 5 nitrogen and oxygen atoms in total. The van der Waals surface area contributed by atoms with Crippen LogP contribution in [0.1, 0.15) is 11.7 Å².